The van der Waals surface area contributed by atoms with Crippen molar-refractivity contribution in [3.8, 4) is 11.5 Å². The SMILES string of the molecule is CCCCNC1COc2cccc(O)c2C1. The molecule has 1 heterocycles. The minimum atomic E-state index is 0.326. The van der Waals surface area contributed by atoms with Gasteiger partial charge in [0.1, 0.15) is 18.1 Å². The van der Waals surface area contributed by atoms with Crippen molar-refractivity contribution in [2.75, 3.05) is 13.2 Å². The van der Waals surface area contributed by atoms with Gasteiger partial charge in [-0.1, -0.05) is 19.4 Å². The topological polar surface area (TPSA) is 41.5 Å². The van der Waals surface area contributed by atoms with Crippen molar-refractivity contribution in [1.82, 2.24) is 5.32 Å². The molecule has 0 fully saturated rings. The summed E-state index contributed by atoms with van der Waals surface area (Å²) in [6.45, 7) is 3.90. The molecule has 16 heavy (non-hydrogen) atoms. The van der Waals surface area contributed by atoms with Gasteiger partial charge in [0.05, 0.1) is 0 Å². The summed E-state index contributed by atoms with van der Waals surface area (Å²) in [5.41, 5.74) is 0.933. The monoisotopic (exact) mass is 221 g/mol. The Balaban J connectivity index is 1.97. The van der Waals surface area contributed by atoms with Crippen LogP contribution in [-0.4, -0.2) is 24.3 Å². The Morgan fingerprint density at radius 1 is 1.50 bits per heavy atom. The lowest BCUT2D eigenvalue weighted by atomic mass is 10.0. The summed E-state index contributed by atoms with van der Waals surface area (Å²) < 4.78 is 5.63. The zero-order valence-electron chi connectivity index (χ0n) is 9.70. The van der Waals surface area contributed by atoms with Crippen molar-refractivity contribution in [2.24, 2.45) is 0 Å². The fraction of sp³-hybridized carbons (Fsp3) is 0.538. The van der Waals surface area contributed by atoms with Crippen LogP contribution in [0.15, 0.2) is 18.2 Å². The molecule has 0 amide bonds. The Morgan fingerprint density at radius 3 is 3.19 bits per heavy atom. The molecule has 1 aromatic rings. The first-order valence-electron chi connectivity index (χ1n) is 5.98. The van der Waals surface area contributed by atoms with Gasteiger partial charge in [0.2, 0.25) is 0 Å². The van der Waals surface area contributed by atoms with Crippen molar-refractivity contribution in [1.29, 1.82) is 0 Å². The maximum atomic E-state index is 9.74. The summed E-state index contributed by atoms with van der Waals surface area (Å²) in [6.07, 6.45) is 3.23. The van der Waals surface area contributed by atoms with Crippen LogP contribution in [-0.2, 0) is 6.42 Å². The first-order chi connectivity index (χ1) is 7.81. The van der Waals surface area contributed by atoms with E-state index in [1.165, 1.54) is 12.8 Å². The van der Waals surface area contributed by atoms with E-state index >= 15 is 0 Å². The van der Waals surface area contributed by atoms with Gasteiger partial charge in [0, 0.05) is 11.6 Å². The lowest BCUT2D eigenvalue weighted by molar-refractivity contribution is 0.235. The quantitative estimate of drug-likeness (QED) is 0.765. The second kappa shape index (κ2) is 5.21. The van der Waals surface area contributed by atoms with E-state index in [1.54, 1.807) is 6.07 Å². The summed E-state index contributed by atoms with van der Waals surface area (Å²) >= 11 is 0. The third kappa shape index (κ3) is 2.47. The maximum absolute atomic E-state index is 9.74. The molecular weight excluding hydrogens is 202 g/mol. The number of nitrogens with one attached hydrogen (secondary N) is 1. The molecule has 1 aliphatic rings. The number of rotatable bonds is 4. The van der Waals surface area contributed by atoms with Crippen LogP contribution in [0.5, 0.6) is 11.5 Å². The van der Waals surface area contributed by atoms with Crippen molar-refractivity contribution >= 4 is 0 Å². The normalized spacial score (nSPS) is 18.9. The molecule has 0 aromatic heterocycles. The van der Waals surface area contributed by atoms with Crippen LogP contribution in [0.1, 0.15) is 25.3 Å². The second-order valence-corrected chi connectivity index (χ2v) is 4.27. The zero-order chi connectivity index (χ0) is 11.4. The zero-order valence-corrected chi connectivity index (χ0v) is 9.70. The molecule has 0 saturated carbocycles. The Kier molecular flexibility index (Phi) is 3.67. The fourth-order valence-electron chi connectivity index (χ4n) is 2.00. The predicted molar refractivity (Wildman–Crippen MR) is 64.0 cm³/mol. The molecule has 1 atom stereocenters. The lowest BCUT2D eigenvalue weighted by Gasteiger charge is -2.26. The van der Waals surface area contributed by atoms with E-state index < -0.39 is 0 Å². The highest BCUT2D eigenvalue weighted by Gasteiger charge is 2.21. The van der Waals surface area contributed by atoms with E-state index in [-0.39, 0.29) is 0 Å². The van der Waals surface area contributed by atoms with Crippen LogP contribution >= 0.6 is 0 Å². The number of phenols is 1. The van der Waals surface area contributed by atoms with Crippen LogP contribution in [0.4, 0.5) is 0 Å². The van der Waals surface area contributed by atoms with E-state index in [0.29, 0.717) is 18.4 Å². The molecule has 3 nitrogen and oxygen atoms in total. The van der Waals surface area contributed by atoms with Gasteiger partial charge in [0.15, 0.2) is 0 Å². The molecule has 0 bridgehead atoms. The van der Waals surface area contributed by atoms with Gasteiger partial charge in [-0.25, -0.2) is 0 Å². The number of hydrogen-bond acceptors (Lipinski definition) is 3. The summed E-state index contributed by atoms with van der Waals surface area (Å²) in [7, 11) is 0. The minimum Gasteiger partial charge on any atom is -0.508 e. The molecule has 0 radical (unpaired) electrons. The van der Waals surface area contributed by atoms with E-state index in [1.807, 2.05) is 12.1 Å². The average molecular weight is 221 g/mol. The Hall–Kier alpha value is -1.22. The highest BCUT2D eigenvalue weighted by molar-refractivity contribution is 5.45. The fourth-order valence-corrected chi connectivity index (χ4v) is 2.00. The lowest BCUT2D eigenvalue weighted by Crippen LogP contribution is -2.39. The summed E-state index contributed by atoms with van der Waals surface area (Å²) in [4.78, 5) is 0. The summed E-state index contributed by atoms with van der Waals surface area (Å²) in [5.74, 6) is 1.17. The van der Waals surface area contributed by atoms with Crippen LogP contribution in [0.25, 0.3) is 0 Å². The number of fused-ring (bicyclic) bond motifs is 1. The van der Waals surface area contributed by atoms with Gasteiger partial charge >= 0.3 is 0 Å². The number of unbranched alkanes of at least 4 members (excludes halogenated alkanes) is 1. The predicted octanol–water partition coefficient (Wildman–Crippen LogP) is 2.09. The van der Waals surface area contributed by atoms with Gasteiger partial charge in [-0.05, 0) is 31.5 Å². The smallest absolute Gasteiger partial charge is 0.126 e. The van der Waals surface area contributed by atoms with E-state index in [2.05, 4.69) is 12.2 Å². The number of benzene rings is 1. The Labute approximate surface area is 96.4 Å². The van der Waals surface area contributed by atoms with Crippen molar-refractivity contribution < 1.29 is 9.84 Å². The molecule has 88 valence electrons. The number of hydrogen-bond donors (Lipinski definition) is 2. The molecule has 2 N–H and O–H groups in total. The van der Waals surface area contributed by atoms with Crippen LogP contribution < -0.4 is 10.1 Å². The van der Waals surface area contributed by atoms with Gasteiger partial charge in [-0.15, -0.1) is 0 Å². The van der Waals surface area contributed by atoms with E-state index in [0.717, 1.165) is 24.3 Å². The third-order valence-corrected chi connectivity index (χ3v) is 2.96. The Morgan fingerprint density at radius 2 is 2.38 bits per heavy atom. The van der Waals surface area contributed by atoms with Crippen LogP contribution in [0.2, 0.25) is 0 Å². The van der Waals surface area contributed by atoms with E-state index in [9.17, 15) is 5.11 Å². The maximum Gasteiger partial charge on any atom is 0.126 e. The highest BCUT2D eigenvalue weighted by Crippen LogP contribution is 2.31. The third-order valence-electron chi connectivity index (χ3n) is 2.96. The Bertz CT molecular complexity index is 352. The molecule has 1 unspecified atom stereocenters. The number of ether oxygens (including phenoxy) is 1. The average Bonchev–Trinajstić information content (AvgIpc) is 2.30. The molecule has 1 aromatic carbocycles. The number of aromatic hydroxyl groups is 1. The van der Waals surface area contributed by atoms with Crippen molar-refractivity contribution in [3.05, 3.63) is 23.8 Å². The van der Waals surface area contributed by atoms with Crippen LogP contribution in [0, 0.1) is 0 Å². The molecule has 2 rings (SSSR count). The minimum absolute atomic E-state index is 0.326. The van der Waals surface area contributed by atoms with Gasteiger partial charge in [0.25, 0.3) is 0 Å². The molecular formula is C13H19NO2. The second-order valence-electron chi connectivity index (χ2n) is 4.27. The highest BCUT2D eigenvalue weighted by atomic mass is 16.5. The summed E-state index contributed by atoms with van der Waals surface area (Å²) in [6, 6.07) is 5.78. The van der Waals surface area contributed by atoms with Gasteiger partial charge < -0.3 is 15.2 Å². The van der Waals surface area contributed by atoms with Gasteiger partial charge in [-0.3, -0.25) is 0 Å². The first-order valence-corrected chi connectivity index (χ1v) is 5.98. The van der Waals surface area contributed by atoms with E-state index in [4.69, 9.17) is 4.74 Å². The molecule has 0 saturated heterocycles. The molecule has 0 aliphatic carbocycles. The van der Waals surface area contributed by atoms with Crippen molar-refractivity contribution in [2.45, 2.75) is 32.2 Å². The molecule has 1 aliphatic heterocycles. The van der Waals surface area contributed by atoms with Crippen LogP contribution in [0.3, 0.4) is 0 Å². The standard InChI is InChI=1S/C13H19NO2/c1-2-3-7-14-10-8-11-12(15)5-4-6-13(11)16-9-10/h4-6,10,14-15H,2-3,7-9H2,1H3. The molecule has 0 spiro atoms. The van der Waals surface area contributed by atoms with Gasteiger partial charge in [-0.2, -0.15) is 0 Å². The summed E-state index contributed by atoms with van der Waals surface area (Å²) in [5, 5.41) is 13.2. The molecule has 3 heteroatoms. The first kappa shape index (κ1) is 11.3. The van der Waals surface area contributed by atoms with Crippen molar-refractivity contribution in [3.63, 3.8) is 0 Å². The largest absolute Gasteiger partial charge is 0.508 e. The number of phenolic OH excluding ortho intramolecular Hbond substituents is 1.